The highest BCUT2D eigenvalue weighted by Gasteiger charge is 2.09. The minimum Gasteiger partial charge on any atom is -0.481 e. The van der Waals surface area contributed by atoms with Gasteiger partial charge in [-0.05, 0) is 19.8 Å². The number of carbonyl (C=O) groups is 2. The molecule has 0 aliphatic carbocycles. The highest BCUT2D eigenvalue weighted by molar-refractivity contribution is 5.71. The molecule has 0 aromatic carbocycles. The first-order chi connectivity index (χ1) is 9.89. The van der Waals surface area contributed by atoms with Crippen molar-refractivity contribution in [3.05, 3.63) is 0 Å². The molecule has 0 bridgehead atoms. The number of ether oxygens (including phenoxy) is 1. The summed E-state index contributed by atoms with van der Waals surface area (Å²) in [6, 6.07) is 0. The summed E-state index contributed by atoms with van der Waals surface area (Å²) in [5, 5.41) is 19.2. The van der Waals surface area contributed by atoms with Gasteiger partial charge in [-0.15, -0.1) is 0 Å². The van der Waals surface area contributed by atoms with Crippen molar-refractivity contribution in [2.45, 2.75) is 58.5 Å². The summed E-state index contributed by atoms with van der Waals surface area (Å²) in [4.78, 5) is 38.1. The van der Waals surface area contributed by atoms with E-state index in [-0.39, 0.29) is 24.9 Å². The number of nitrogens with one attached hydrogen (secondary N) is 2. The van der Waals surface area contributed by atoms with Crippen LogP contribution in [-0.4, -0.2) is 35.3 Å². The number of isocyanates is 2. The van der Waals surface area contributed by atoms with Crippen molar-refractivity contribution in [1.29, 1.82) is 10.8 Å². The smallest absolute Gasteiger partial charge is 0.306 e. The lowest BCUT2D eigenvalue weighted by Gasteiger charge is -2.12. The van der Waals surface area contributed by atoms with Crippen molar-refractivity contribution >= 4 is 24.1 Å². The maximum absolute atomic E-state index is 11.2. The molecule has 0 radical (unpaired) electrons. The van der Waals surface area contributed by atoms with Gasteiger partial charge in [0.2, 0.25) is 12.2 Å². The Balaban J connectivity index is -0.000000460. The fourth-order valence-electron chi connectivity index (χ4n) is 1.22. The predicted octanol–water partition coefficient (Wildman–Crippen LogP) is 2.17. The van der Waals surface area contributed by atoms with Crippen LogP contribution in [0.1, 0.15) is 52.4 Å². The largest absolute Gasteiger partial charge is 0.481 e. The van der Waals surface area contributed by atoms with Crippen LogP contribution in [0.25, 0.3) is 0 Å². The number of carbonyl (C=O) groups excluding carboxylic acids is 3. The van der Waals surface area contributed by atoms with Crippen molar-refractivity contribution in [3.63, 3.8) is 0 Å². The van der Waals surface area contributed by atoms with E-state index in [0.717, 1.165) is 31.4 Å². The molecule has 8 heteroatoms. The lowest BCUT2D eigenvalue weighted by atomic mass is 10.2. The molecule has 21 heavy (non-hydrogen) atoms. The fourth-order valence-corrected chi connectivity index (χ4v) is 1.22. The van der Waals surface area contributed by atoms with E-state index in [9.17, 15) is 9.59 Å². The predicted molar refractivity (Wildman–Crippen MR) is 73.4 cm³/mol. The van der Waals surface area contributed by atoms with E-state index in [4.69, 9.17) is 30.3 Å². The van der Waals surface area contributed by atoms with Crippen LogP contribution >= 0.6 is 0 Å². The van der Waals surface area contributed by atoms with Gasteiger partial charge in [0.15, 0.2) is 0 Å². The van der Waals surface area contributed by atoms with E-state index in [1.807, 2.05) is 6.92 Å². The molecule has 0 spiro atoms. The molecule has 0 aliphatic rings. The third kappa shape index (κ3) is 31.9. The van der Waals surface area contributed by atoms with Crippen molar-refractivity contribution in [3.8, 4) is 0 Å². The highest BCUT2D eigenvalue weighted by atomic mass is 16.5. The minimum atomic E-state index is -0.873. The first kappa shape index (κ1) is 23.8. The molecular weight excluding hydrogens is 280 g/mol. The maximum Gasteiger partial charge on any atom is 0.306 e. The van der Waals surface area contributed by atoms with Gasteiger partial charge in [0.05, 0.1) is 6.10 Å². The first-order valence-corrected chi connectivity index (χ1v) is 6.38. The zero-order chi connectivity index (χ0) is 17.1. The van der Waals surface area contributed by atoms with Gasteiger partial charge in [0.1, 0.15) is 0 Å². The Morgan fingerprint density at radius 1 is 1.14 bits per heavy atom. The minimum absolute atomic E-state index is 0.0262. The Bertz CT molecular complexity index is 333. The fraction of sp³-hybridized carbons (Fsp3) is 0.692. The molecule has 0 rings (SSSR count). The zero-order valence-electron chi connectivity index (χ0n) is 12.3. The first-order valence-electron chi connectivity index (χ1n) is 6.38. The van der Waals surface area contributed by atoms with Crippen LogP contribution in [0.5, 0.6) is 0 Å². The lowest BCUT2D eigenvalue weighted by Crippen LogP contribution is -2.14. The van der Waals surface area contributed by atoms with Crippen LogP contribution in [0, 0.1) is 10.8 Å². The Kier molecular flexibility index (Phi) is 22.7. The number of aliphatic carboxylic acids is 1. The number of carboxylic acids is 1. The molecule has 1 unspecified atom stereocenters. The third-order valence-electron chi connectivity index (χ3n) is 2.07. The van der Waals surface area contributed by atoms with Gasteiger partial charge in [0, 0.05) is 12.8 Å². The summed E-state index contributed by atoms with van der Waals surface area (Å²) in [6.07, 6.45) is 5.03. The van der Waals surface area contributed by atoms with E-state index in [2.05, 4.69) is 6.92 Å². The van der Waals surface area contributed by atoms with Crippen molar-refractivity contribution < 1.29 is 29.0 Å². The summed E-state index contributed by atoms with van der Waals surface area (Å²) in [5.74, 6) is -1.17. The second kappa shape index (κ2) is 20.0. The molecule has 1 atom stereocenters. The van der Waals surface area contributed by atoms with Gasteiger partial charge < -0.3 is 9.84 Å². The molecule has 0 aliphatic heterocycles. The molecule has 0 saturated carbocycles. The second-order valence-electron chi connectivity index (χ2n) is 3.89. The molecule has 0 aromatic heterocycles. The number of esters is 1. The molecule has 0 saturated heterocycles. The van der Waals surface area contributed by atoms with Crippen LogP contribution in [0.15, 0.2) is 0 Å². The van der Waals surface area contributed by atoms with E-state index in [1.54, 1.807) is 0 Å². The van der Waals surface area contributed by atoms with Gasteiger partial charge in [-0.25, -0.2) is 20.4 Å². The number of unbranched alkanes of at least 4 members (excludes halogenated alkanes) is 1. The molecular formula is C13H22N2O6. The summed E-state index contributed by atoms with van der Waals surface area (Å²) in [6.45, 7) is 3.95. The number of carboxylic acid groups (broad SMARTS) is 1. The summed E-state index contributed by atoms with van der Waals surface area (Å²) < 4.78 is 5.10. The summed E-state index contributed by atoms with van der Waals surface area (Å²) in [7, 11) is 0. The average molecular weight is 302 g/mol. The quantitative estimate of drug-likeness (QED) is 0.356. The molecule has 0 fully saturated rings. The van der Waals surface area contributed by atoms with Crippen molar-refractivity contribution in [1.82, 2.24) is 0 Å². The molecule has 0 amide bonds. The Hall–Kier alpha value is -2.30. The van der Waals surface area contributed by atoms with Crippen LogP contribution in [-0.2, 0) is 23.9 Å². The Morgan fingerprint density at radius 2 is 1.62 bits per heavy atom. The van der Waals surface area contributed by atoms with Crippen LogP contribution < -0.4 is 0 Å². The SMILES string of the molecule is CCCCC(C)OC(=O)CCCC(=O)O.N=C=O.N=C=O. The van der Waals surface area contributed by atoms with Gasteiger partial charge in [0.25, 0.3) is 0 Å². The Labute approximate surface area is 123 Å². The standard InChI is InChI=1S/C11H20O4.2CHNO/c1-3-4-6-9(2)15-11(14)8-5-7-10(12)13;2*2-1-3/h9H,3-8H2,1-2H3,(H,12,13);2*2H. The Morgan fingerprint density at radius 3 is 2.00 bits per heavy atom. The summed E-state index contributed by atoms with van der Waals surface area (Å²) in [5.41, 5.74) is 0. The molecule has 0 heterocycles. The summed E-state index contributed by atoms with van der Waals surface area (Å²) >= 11 is 0. The van der Waals surface area contributed by atoms with Crippen LogP contribution in [0.2, 0.25) is 0 Å². The molecule has 0 aromatic rings. The molecule has 8 nitrogen and oxygen atoms in total. The third-order valence-corrected chi connectivity index (χ3v) is 2.07. The van der Waals surface area contributed by atoms with E-state index < -0.39 is 5.97 Å². The van der Waals surface area contributed by atoms with Gasteiger partial charge in [-0.1, -0.05) is 19.8 Å². The topological polar surface area (TPSA) is 145 Å². The monoisotopic (exact) mass is 302 g/mol. The van der Waals surface area contributed by atoms with Gasteiger partial charge in [-0.3, -0.25) is 9.59 Å². The second-order valence-corrected chi connectivity index (χ2v) is 3.89. The molecule has 120 valence electrons. The average Bonchev–Trinajstić information content (AvgIpc) is 2.37. The lowest BCUT2D eigenvalue weighted by molar-refractivity contribution is -0.148. The normalized spacial score (nSPS) is 9.43. The van der Waals surface area contributed by atoms with E-state index in [1.165, 1.54) is 0 Å². The number of hydrogen-bond donors (Lipinski definition) is 3. The van der Waals surface area contributed by atoms with Gasteiger partial charge >= 0.3 is 11.9 Å². The maximum atomic E-state index is 11.2. The van der Waals surface area contributed by atoms with Gasteiger partial charge in [-0.2, -0.15) is 0 Å². The number of hydrogen-bond acceptors (Lipinski definition) is 7. The molecule has 3 N–H and O–H groups in total. The highest BCUT2D eigenvalue weighted by Crippen LogP contribution is 2.06. The van der Waals surface area contributed by atoms with Crippen LogP contribution in [0.4, 0.5) is 0 Å². The van der Waals surface area contributed by atoms with E-state index >= 15 is 0 Å². The van der Waals surface area contributed by atoms with Crippen molar-refractivity contribution in [2.75, 3.05) is 0 Å². The van der Waals surface area contributed by atoms with Crippen molar-refractivity contribution in [2.24, 2.45) is 0 Å². The van der Waals surface area contributed by atoms with E-state index in [0.29, 0.717) is 6.42 Å². The number of rotatable bonds is 8. The zero-order valence-corrected chi connectivity index (χ0v) is 12.3. The van der Waals surface area contributed by atoms with Crippen LogP contribution in [0.3, 0.4) is 0 Å².